The lowest BCUT2D eigenvalue weighted by Gasteiger charge is -2.17. The highest BCUT2D eigenvalue weighted by Crippen LogP contribution is 2.15. The molecule has 6 heteroatoms. The first-order valence-electron chi connectivity index (χ1n) is 5.01. The van der Waals surface area contributed by atoms with E-state index < -0.39 is 5.97 Å². The Bertz CT molecular complexity index is 384. The van der Waals surface area contributed by atoms with Crippen LogP contribution in [0.2, 0.25) is 5.02 Å². The van der Waals surface area contributed by atoms with Crippen LogP contribution in [0.15, 0.2) is 6.20 Å². The van der Waals surface area contributed by atoms with Crippen molar-refractivity contribution in [1.29, 1.82) is 0 Å². The minimum absolute atomic E-state index is 0.00681. The lowest BCUT2D eigenvalue weighted by molar-refractivity contribution is -0.255. The summed E-state index contributed by atoms with van der Waals surface area (Å²) in [4.78, 5) is 20.3. The van der Waals surface area contributed by atoms with Crippen molar-refractivity contribution in [2.45, 2.75) is 19.8 Å². The van der Waals surface area contributed by atoms with Gasteiger partial charge in [0.25, 0.3) is 0 Å². The number of rotatable bonds is 5. The van der Waals surface area contributed by atoms with Crippen LogP contribution in [0.3, 0.4) is 0 Å². The number of aromatic nitrogens is 2. The van der Waals surface area contributed by atoms with Crippen LogP contribution in [0.25, 0.3) is 0 Å². The summed E-state index contributed by atoms with van der Waals surface area (Å²) < 4.78 is 0. The molecule has 0 aliphatic heterocycles. The minimum atomic E-state index is -1.39. The van der Waals surface area contributed by atoms with E-state index in [4.69, 9.17) is 11.6 Å². The molecule has 0 atom stereocenters. The molecule has 88 valence electrons. The van der Waals surface area contributed by atoms with Crippen molar-refractivity contribution < 1.29 is 9.90 Å². The molecule has 0 spiro atoms. The van der Waals surface area contributed by atoms with Gasteiger partial charge in [-0.25, -0.2) is 9.97 Å². The van der Waals surface area contributed by atoms with Gasteiger partial charge < -0.3 is 14.8 Å². The molecule has 1 aromatic heterocycles. The van der Waals surface area contributed by atoms with Crippen LogP contribution in [0.5, 0.6) is 0 Å². The highest BCUT2D eigenvalue weighted by molar-refractivity contribution is 6.33. The van der Waals surface area contributed by atoms with E-state index in [1.165, 1.54) is 6.20 Å². The first-order valence-corrected chi connectivity index (χ1v) is 5.39. The van der Waals surface area contributed by atoms with Gasteiger partial charge in [-0.15, -0.1) is 0 Å². The van der Waals surface area contributed by atoms with Crippen molar-refractivity contribution in [3.8, 4) is 0 Å². The molecule has 16 heavy (non-hydrogen) atoms. The number of aromatic carboxylic acids is 1. The van der Waals surface area contributed by atoms with Crippen molar-refractivity contribution >= 4 is 23.5 Å². The largest absolute Gasteiger partial charge is 0.543 e. The summed E-state index contributed by atoms with van der Waals surface area (Å²) in [5.41, 5.74) is -0.269. The maximum Gasteiger partial charge on any atom is 0.225 e. The Balaban J connectivity index is 2.89. The van der Waals surface area contributed by atoms with E-state index in [1.807, 2.05) is 0 Å². The molecule has 0 fully saturated rings. The van der Waals surface area contributed by atoms with E-state index in [2.05, 4.69) is 16.9 Å². The molecule has 1 rings (SSSR count). The molecule has 0 aliphatic rings. The van der Waals surface area contributed by atoms with E-state index in [9.17, 15) is 9.90 Å². The lowest BCUT2D eigenvalue weighted by atomic mass is 10.3. The minimum Gasteiger partial charge on any atom is -0.543 e. The van der Waals surface area contributed by atoms with Gasteiger partial charge in [-0.3, -0.25) is 0 Å². The molecular weight excluding hydrogens is 230 g/mol. The zero-order valence-electron chi connectivity index (χ0n) is 9.23. The fraction of sp³-hybridized carbons (Fsp3) is 0.500. The van der Waals surface area contributed by atoms with E-state index in [0.717, 1.165) is 19.4 Å². The molecule has 5 nitrogen and oxygen atoms in total. The van der Waals surface area contributed by atoms with Crippen LogP contribution in [0.4, 0.5) is 5.95 Å². The lowest BCUT2D eigenvalue weighted by Crippen LogP contribution is -2.27. The number of unbranched alkanes of at least 4 members (excludes halogenated alkanes) is 1. The van der Waals surface area contributed by atoms with Gasteiger partial charge in [0.15, 0.2) is 0 Å². The highest BCUT2D eigenvalue weighted by atomic mass is 35.5. The summed E-state index contributed by atoms with van der Waals surface area (Å²) in [7, 11) is 1.80. The maximum absolute atomic E-state index is 10.7. The second kappa shape index (κ2) is 5.65. The Kier molecular flexibility index (Phi) is 4.49. The quantitative estimate of drug-likeness (QED) is 0.761. The van der Waals surface area contributed by atoms with Gasteiger partial charge >= 0.3 is 0 Å². The summed E-state index contributed by atoms with van der Waals surface area (Å²) in [5.74, 6) is -1.05. The number of hydrogen-bond acceptors (Lipinski definition) is 5. The Morgan fingerprint density at radius 1 is 1.62 bits per heavy atom. The topological polar surface area (TPSA) is 69.2 Å². The molecule has 1 aromatic rings. The SMILES string of the molecule is CCCCN(C)c1ncc(Cl)c(C(=O)[O-])n1. The van der Waals surface area contributed by atoms with Gasteiger partial charge in [0.1, 0.15) is 5.69 Å². The molecule has 0 amide bonds. The predicted molar refractivity (Wildman–Crippen MR) is 59.6 cm³/mol. The number of carbonyl (C=O) groups excluding carboxylic acids is 1. The molecule has 0 unspecified atom stereocenters. The second-order valence-corrected chi connectivity index (χ2v) is 3.84. The molecule has 0 saturated carbocycles. The van der Waals surface area contributed by atoms with Crippen molar-refractivity contribution in [1.82, 2.24) is 9.97 Å². The molecule has 1 heterocycles. The molecule has 0 aliphatic carbocycles. The van der Waals surface area contributed by atoms with Crippen LogP contribution >= 0.6 is 11.6 Å². The highest BCUT2D eigenvalue weighted by Gasteiger charge is 2.09. The summed E-state index contributed by atoms with van der Waals surface area (Å²) in [5, 5.41) is 10.7. The van der Waals surface area contributed by atoms with E-state index >= 15 is 0 Å². The van der Waals surface area contributed by atoms with Gasteiger partial charge in [-0.2, -0.15) is 0 Å². The summed E-state index contributed by atoms with van der Waals surface area (Å²) in [6.45, 7) is 2.84. The van der Waals surface area contributed by atoms with Gasteiger partial charge in [0.05, 0.1) is 17.2 Å². The van der Waals surface area contributed by atoms with Gasteiger partial charge in [0, 0.05) is 13.6 Å². The third-order valence-electron chi connectivity index (χ3n) is 2.11. The van der Waals surface area contributed by atoms with Crippen LogP contribution in [0.1, 0.15) is 30.3 Å². The fourth-order valence-corrected chi connectivity index (χ4v) is 1.35. The zero-order valence-corrected chi connectivity index (χ0v) is 9.99. The van der Waals surface area contributed by atoms with Crippen LogP contribution in [-0.2, 0) is 0 Å². The Hall–Kier alpha value is -1.36. The standard InChI is InChI=1S/C10H14ClN3O2/c1-3-4-5-14(2)10-12-6-7(11)8(13-10)9(15)16/h6H,3-5H2,1-2H3,(H,15,16)/p-1. The maximum atomic E-state index is 10.7. The molecular formula is C10H13ClN3O2-. The number of carbonyl (C=O) groups is 1. The number of nitrogens with zero attached hydrogens (tertiary/aromatic N) is 3. The second-order valence-electron chi connectivity index (χ2n) is 3.43. The Morgan fingerprint density at radius 3 is 2.88 bits per heavy atom. The number of carboxylic acids is 1. The van der Waals surface area contributed by atoms with Crippen molar-refractivity contribution in [2.24, 2.45) is 0 Å². The van der Waals surface area contributed by atoms with E-state index in [-0.39, 0.29) is 10.7 Å². The molecule has 0 aromatic carbocycles. The molecule has 0 N–H and O–H groups in total. The average Bonchev–Trinajstić information content (AvgIpc) is 2.26. The Morgan fingerprint density at radius 2 is 2.31 bits per heavy atom. The third kappa shape index (κ3) is 3.06. The number of hydrogen-bond donors (Lipinski definition) is 0. The third-order valence-corrected chi connectivity index (χ3v) is 2.39. The van der Waals surface area contributed by atoms with E-state index in [0.29, 0.717) is 5.95 Å². The normalized spacial score (nSPS) is 10.2. The molecule has 0 radical (unpaired) electrons. The summed E-state index contributed by atoms with van der Waals surface area (Å²) >= 11 is 5.64. The molecule has 0 bridgehead atoms. The average molecular weight is 243 g/mol. The van der Waals surface area contributed by atoms with Crippen LogP contribution in [0, 0.1) is 0 Å². The summed E-state index contributed by atoms with van der Waals surface area (Å²) in [6, 6.07) is 0. The molecule has 0 saturated heterocycles. The Labute approximate surface area is 99.1 Å². The number of anilines is 1. The zero-order chi connectivity index (χ0) is 12.1. The van der Waals surface area contributed by atoms with Gasteiger partial charge in [0.2, 0.25) is 5.95 Å². The van der Waals surface area contributed by atoms with Gasteiger partial charge in [-0.05, 0) is 6.42 Å². The van der Waals surface area contributed by atoms with Crippen LogP contribution in [-0.4, -0.2) is 29.5 Å². The monoisotopic (exact) mass is 242 g/mol. The number of halogens is 1. The fourth-order valence-electron chi connectivity index (χ4n) is 1.18. The van der Waals surface area contributed by atoms with Crippen molar-refractivity contribution in [3.63, 3.8) is 0 Å². The smallest absolute Gasteiger partial charge is 0.225 e. The predicted octanol–water partition coefficient (Wildman–Crippen LogP) is 0.730. The first-order chi connectivity index (χ1) is 7.56. The van der Waals surface area contributed by atoms with E-state index in [1.54, 1.807) is 11.9 Å². The summed E-state index contributed by atoms with van der Waals surface area (Å²) in [6.07, 6.45) is 3.31. The van der Waals surface area contributed by atoms with Crippen molar-refractivity contribution in [3.05, 3.63) is 16.9 Å². The number of carboxylic acid groups (broad SMARTS) is 1. The van der Waals surface area contributed by atoms with Gasteiger partial charge in [-0.1, -0.05) is 24.9 Å². The van der Waals surface area contributed by atoms with Crippen LogP contribution < -0.4 is 10.0 Å². The first kappa shape index (κ1) is 12.7. The van der Waals surface area contributed by atoms with Crippen molar-refractivity contribution in [2.75, 3.05) is 18.5 Å².